The molecule has 122 valence electrons. The molecule has 2 rings (SSSR count). The van der Waals surface area contributed by atoms with Crippen molar-refractivity contribution in [1.82, 2.24) is 0 Å². The molecule has 0 bridgehead atoms. The molecular formula is C19H23NO3. The van der Waals surface area contributed by atoms with E-state index < -0.39 is 0 Å². The number of ether oxygens (including phenoxy) is 2. The van der Waals surface area contributed by atoms with Crippen LogP contribution in [0.15, 0.2) is 48.5 Å². The summed E-state index contributed by atoms with van der Waals surface area (Å²) in [6.07, 6.45) is 2.13. The number of hydrogen-bond donors (Lipinski definition) is 1. The van der Waals surface area contributed by atoms with Gasteiger partial charge >= 0.3 is 0 Å². The molecule has 0 aliphatic heterocycles. The van der Waals surface area contributed by atoms with Crippen LogP contribution in [0, 0.1) is 0 Å². The highest BCUT2D eigenvalue weighted by atomic mass is 16.5. The highest BCUT2D eigenvalue weighted by Crippen LogP contribution is 2.17. The van der Waals surface area contributed by atoms with Gasteiger partial charge in [0.05, 0.1) is 13.2 Å². The number of benzene rings is 2. The normalized spacial score (nSPS) is 10.2. The largest absolute Gasteiger partial charge is 0.494 e. The molecule has 0 aliphatic carbocycles. The third kappa shape index (κ3) is 5.33. The summed E-state index contributed by atoms with van der Waals surface area (Å²) in [5.74, 6) is 1.43. The van der Waals surface area contributed by atoms with Gasteiger partial charge in [-0.05, 0) is 61.9 Å². The Balaban J connectivity index is 1.92. The predicted octanol–water partition coefficient (Wildman–Crippen LogP) is 4.52. The number of amides is 1. The molecule has 0 spiro atoms. The number of anilines is 1. The number of carbonyl (C=O) groups is 1. The Morgan fingerprint density at radius 1 is 0.913 bits per heavy atom. The van der Waals surface area contributed by atoms with E-state index in [9.17, 15) is 4.79 Å². The van der Waals surface area contributed by atoms with Crippen LogP contribution in [0.5, 0.6) is 11.5 Å². The fourth-order valence-electron chi connectivity index (χ4n) is 2.04. The van der Waals surface area contributed by atoms with Crippen molar-refractivity contribution in [2.75, 3.05) is 18.5 Å². The third-order valence-corrected chi connectivity index (χ3v) is 3.31. The monoisotopic (exact) mass is 313 g/mol. The van der Waals surface area contributed by atoms with Gasteiger partial charge in [-0.25, -0.2) is 0 Å². The van der Waals surface area contributed by atoms with Gasteiger partial charge in [-0.1, -0.05) is 13.3 Å². The van der Waals surface area contributed by atoms with Crippen LogP contribution in [0.4, 0.5) is 5.69 Å². The van der Waals surface area contributed by atoms with Gasteiger partial charge in [0.2, 0.25) is 0 Å². The number of nitrogens with one attached hydrogen (secondary N) is 1. The number of hydrogen-bond acceptors (Lipinski definition) is 3. The zero-order valence-electron chi connectivity index (χ0n) is 13.7. The van der Waals surface area contributed by atoms with Crippen molar-refractivity contribution >= 4 is 11.6 Å². The molecule has 0 aliphatic rings. The molecule has 0 atom stereocenters. The van der Waals surface area contributed by atoms with E-state index in [0.717, 1.165) is 30.0 Å². The van der Waals surface area contributed by atoms with Crippen LogP contribution in [0.3, 0.4) is 0 Å². The molecule has 1 N–H and O–H groups in total. The maximum Gasteiger partial charge on any atom is 0.255 e. The van der Waals surface area contributed by atoms with E-state index in [2.05, 4.69) is 12.2 Å². The Labute approximate surface area is 137 Å². The van der Waals surface area contributed by atoms with Gasteiger partial charge in [0.1, 0.15) is 11.5 Å². The first-order valence-corrected chi connectivity index (χ1v) is 8.00. The summed E-state index contributed by atoms with van der Waals surface area (Å²) >= 11 is 0. The van der Waals surface area contributed by atoms with Crippen molar-refractivity contribution in [3.8, 4) is 11.5 Å². The third-order valence-electron chi connectivity index (χ3n) is 3.31. The van der Waals surface area contributed by atoms with E-state index in [-0.39, 0.29) is 5.91 Å². The minimum atomic E-state index is -0.144. The molecule has 0 saturated carbocycles. The van der Waals surface area contributed by atoms with Crippen LogP contribution in [-0.4, -0.2) is 19.1 Å². The number of unbranched alkanes of at least 4 members (excludes halogenated alkanes) is 1. The SMILES string of the molecule is CCCCOc1ccc(C(=O)Nc2ccc(OCC)cc2)cc1. The average Bonchev–Trinajstić information content (AvgIpc) is 2.58. The van der Waals surface area contributed by atoms with Crippen LogP contribution in [-0.2, 0) is 0 Å². The van der Waals surface area contributed by atoms with Gasteiger partial charge in [0.25, 0.3) is 5.91 Å². The van der Waals surface area contributed by atoms with Crippen molar-refractivity contribution in [2.45, 2.75) is 26.7 Å². The van der Waals surface area contributed by atoms with Gasteiger partial charge in [0.15, 0.2) is 0 Å². The van der Waals surface area contributed by atoms with E-state index in [1.165, 1.54) is 0 Å². The quantitative estimate of drug-likeness (QED) is 0.729. The van der Waals surface area contributed by atoms with E-state index >= 15 is 0 Å². The maximum absolute atomic E-state index is 12.2. The Morgan fingerprint density at radius 3 is 2.13 bits per heavy atom. The Hall–Kier alpha value is -2.49. The predicted molar refractivity (Wildman–Crippen MR) is 92.4 cm³/mol. The minimum Gasteiger partial charge on any atom is -0.494 e. The van der Waals surface area contributed by atoms with Crippen LogP contribution < -0.4 is 14.8 Å². The summed E-state index contributed by atoms with van der Waals surface area (Å²) in [6.45, 7) is 5.38. The smallest absolute Gasteiger partial charge is 0.255 e. The first-order chi connectivity index (χ1) is 11.2. The standard InChI is InChI=1S/C19H23NO3/c1-3-5-14-23-18-10-6-15(7-11-18)19(21)20-16-8-12-17(13-9-16)22-4-2/h6-13H,3-5,14H2,1-2H3,(H,20,21). The molecule has 23 heavy (non-hydrogen) atoms. The highest BCUT2D eigenvalue weighted by molar-refractivity contribution is 6.04. The highest BCUT2D eigenvalue weighted by Gasteiger charge is 2.06. The maximum atomic E-state index is 12.2. The molecule has 4 heteroatoms. The van der Waals surface area contributed by atoms with E-state index in [1.807, 2.05) is 43.3 Å². The fraction of sp³-hybridized carbons (Fsp3) is 0.316. The van der Waals surface area contributed by atoms with E-state index in [4.69, 9.17) is 9.47 Å². The summed E-state index contributed by atoms with van der Waals surface area (Å²) < 4.78 is 11.0. The van der Waals surface area contributed by atoms with Gasteiger partial charge in [-0.15, -0.1) is 0 Å². The molecule has 0 aromatic heterocycles. The summed E-state index contributed by atoms with van der Waals surface area (Å²) in [4.78, 5) is 12.2. The van der Waals surface area contributed by atoms with Gasteiger partial charge in [-0.2, -0.15) is 0 Å². The minimum absolute atomic E-state index is 0.144. The van der Waals surface area contributed by atoms with Crippen molar-refractivity contribution < 1.29 is 14.3 Å². The van der Waals surface area contributed by atoms with E-state index in [1.54, 1.807) is 12.1 Å². The molecule has 2 aromatic carbocycles. The van der Waals surface area contributed by atoms with Crippen molar-refractivity contribution in [1.29, 1.82) is 0 Å². The van der Waals surface area contributed by atoms with Crippen LogP contribution in [0.2, 0.25) is 0 Å². The Kier molecular flexibility index (Phi) is 6.48. The summed E-state index contributed by atoms with van der Waals surface area (Å²) in [5.41, 5.74) is 1.34. The summed E-state index contributed by atoms with van der Waals surface area (Å²) in [6, 6.07) is 14.5. The van der Waals surface area contributed by atoms with Gasteiger partial charge in [-0.3, -0.25) is 4.79 Å². The summed E-state index contributed by atoms with van der Waals surface area (Å²) in [5, 5.41) is 2.86. The Bertz CT molecular complexity index is 606. The zero-order chi connectivity index (χ0) is 16.5. The molecule has 0 unspecified atom stereocenters. The molecule has 0 saturated heterocycles. The zero-order valence-corrected chi connectivity index (χ0v) is 13.7. The lowest BCUT2D eigenvalue weighted by Gasteiger charge is -2.08. The molecular weight excluding hydrogens is 290 g/mol. The second-order valence-corrected chi connectivity index (χ2v) is 5.14. The van der Waals surface area contributed by atoms with E-state index in [0.29, 0.717) is 18.8 Å². The van der Waals surface area contributed by atoms with Crippen LogP contribution in [0.25, 0.3) is 0 Å². The second-order valence-electron chi connectivity index (χ2n) is 5.14. The molecule has 2 aromatic rings. The topological polar surface area (TPSA) is 47.6 Å². The van der Waals surface area contributed by atoms with Crippen molar-refractivity contribution in [3.05, 3.63) is 54.1 Å². The summed E-state index contributed by atoms with van der Waals surface area (Å²) in [7, 11) is 0. The fourth-order valence-corrected chi connectivity index (χ4v) is 2.04. The van der Waals surface area contributed by atoms with Gasteiger partial charge < -0.3 is 14.8 Å². The molecule has 1 amide bonds. The Morgan fingerprint density at radius 2 is 1.52 bits per heavy atom. The molecule has 0 heterocycles. The van der Waals surface area contributed by atoms with Crippen molar-refractivity contribution in [2.24, 2.45) is 0 Å². The van der Waals surface area contributed by atoms with Crippen LogP contribution >= 0.6 is 0 Å². The first-order valence-electron chi connectivity index (χ1n) is 8.00. The van der Waals surface area contributed by atoms with Crippen molar-refractivity contribution in [3.63, 3.8) is 0 Å². The lowest BCUT2D eigenvalue weighted by Crippen LogP contribution is -2.11. The number of carbonyl (C=O) groups excluding carboxylic acids is 1. The molecule has 0 radical (unpaired) electrons. The lowest BCUT2D eigenvalue weighted by atomic mass is 10.2. The molecule has 4 nitrogen and oxygen atoms in total. The lowest BCUT2D eigenvalue weighted by molar-refractivity contribution is 0.102. The van der Waals surface area contributed by atoms with Gasteiger partial charge in [0, 0.05) is 11.3 Å². The van der Waals surface area contributed by atoms with Crippen LogP contribution in [0.1, 0.15) is 37.0 Å². The molecule has 0 fully saturated rings. The average molecular weight is 313 g/mol. The second kappa shape index (κ2) is 8.83. The first kappa shape index (κ1) is 16.9. The number of rotatable bonds is 8.